The molecule has 172 valence electrons. The third kappa shape index (κ3) is 5.16. The number of carbonyl (C=O) groups excluding carboxylic acids is 2. The van der Waals surface area contributed by atoms with Crippen molar-refractivity contribution in [2.24, 2.45) is 5.92 Å². The first-order valence-electron chi connectivity index (χ1n) is 10.1. The molecule has 1 N–H and O–H groups in total. The number of nitrogens with one attached hydrogen (secondary N) is 1. The van der Waals surface area contributed by atoms with Gasteiger partial charge in [-0.3, -0.25) is 9.59 Å². The summed E-state index contributed by atoms with van der Waals surface area (Å²) < 4.78 is 41.1. The van der Waals surface area contributed by atoms with E-state index in [1.807, 2.05) is 0 Å². The van der Waals surface area contributed by atoms with Gasteiger partial charge in [0.2, 0.25) is 5.91 Å². The van der Waals surface area contributed by atoms with Gasteiger partial charge in [0.25, 0.3) is 5.91 Å². The molecule has 7 nitrogen and oxygen atoms in total. The van der Waals surface area contributed by atoms with E-state index in [0.717, 1.165) is 12.1 Å². The fourth-order valence-electron chi connectivity index (χ4n) is 3.73. The van der Waals surface area contributed by atoms with Crippen LogP contribution in [0.4, 0.5) is 18.9 Å². The van der Waals surface area contributed by atoms with Crippen LogP contribution >= 0.6 is 11.6 Å². The molecule has 0 aliphatic carbocycles. The van der Waals surface area contributed by atoms with Crippen molar-refractivity contribution >= 4 is 29.1 Å². The van der Waals surface area contributed by atoms with Gasteiger partial charge in [0.1, 0.15) is 12.7 Å². The molecule has 0 saturated carbocycles. The van der Waals surface area contributed by atoms with Gasteiger partial charge in [0.05, 0.1) is 22.9 Å². The Labute approximate surface area is 192 Å². The molecular weight excluding hydrogens is 459 g/mol. The lowest BCUT2D eigenvalue weighted by Gasteiger charge is -2.32. The Balaban J connectivity index is 1.53. The minimum Gasteiger partial charge on any atom is -0.338 e. The number of amides is 2. The molecule has 1 aromatic heterocycles. The number of likely N-dealkylation sites (tertiary alicyclic amines) is 1. The van der Waals surface area contributed by atoms with Crippen LogP contribution < -0.4 is 5.32 Å². The number of anilines is 1. The van der Waals surface area contributed by atoms with Gasteiger partial charge in [0.15, 0.2) is 0 Å². The van der Waals surface area contributed by atoms with E-state index in [-0.39, 0.29) is 23.8 Å². The highest BCUT2D eigenvalue weighted by atomic mass is 35.5. The molecule has 4 rings (SSSR count). The van der Waals surface area contributed by atoms with Crippen LogP contribution in [0.15, 0.2) is 55.1 Å². The second-order valence-electron chi connectivity index (χ2n) is 7.66. The van der Waals surface area contributed by atoms with Gasteiger partial charge in [-0.05, 0) is 55.3 Å². The van der Waals surface area contributed by atoms with Crippen molar-refractivity contribution in [2.75, 3.05) is 18.4 Å². The number of hydrogen-bond donors (Lipinski definition) is 1. The van der Waals surface area contributed by atoms with Gasteiger partial charge in [0, 0.05) is 23.7 Å². The summed E-state index contributed by atoms with van der Waals surface area (Å²) in [6, 6.07) is 9.46. The first-order chi connectivity index (χ1) is 15.7. The zero-order chi connectivity index (χ0) is 23.6. The van der Waals surface area contributed by atoms with Gasteiger partial charge in [-0.1, -0.05) is 11.6 Å². The Kier molecular flexibility index (Phi) is 6.37. The Morgan fingerprint density at radius 1 is 1.12 bits per heavy atom. The third-order valence-corrected chi connectivity index (χ3v) is 5.67. The lowest BCUT2D eigenvalue weighted by Crippen LogP contribution is -2.43. The summed E-state index contributed by atoms with van der Waals surface area (Å²) in [7, 11) is 0. The fraction of sp³-hybridized carbons (Fsp3) is 0.273. The number of rotatable bonds is 4. The molecule has 1 aliphatic rings. The van der Waals surface area contributed by atoms with Crippen LogP contribution in [0.5, 0.6) is 0 Å². The highest BCUT2D eigenvalue weighted by Crippen LogP contribution is 2.33. The maximum atomic E-state index is 13.3. The van der Waals surface area contributed by atoms with E-state index in [0.29, 0.717) is 30.0 Å². The van der Waals surface area contributed by atoms with Crippen LogP contribution in [0.2, 0.25) is 5.02 Å². The van der Waals surface area contributed by atoms with E-state index >= 15 is 0 Å². The summed E-state index contributed by atoms with van der Waals surface area (Å²) in [6.07, 6.45) is -0.910. The standard InChI is InChI=1S/C22H19ClF3N5O2/c23-17-6-3-14(4-7-17)21(33)30-9-1-2-15(11-30)20(32)29-18-10-16(22(24,25)26)5-8-19(18)31-13-27-12-28-31/h3-8,10,12-13,15H,1-2,9,11H2,(H,29,32)/t15-/m1/s1. The lowest BCUT2D eigenvalue weighted by atomic mass is 9.96. The number of hydrogen-bond acceptors (Lipinski definition) is 4. The number of benzene rings is 2. The summed E-state index contributed by atoms with van der Waals surface area (Å²) in [6.45, 7) is 0.643. The molecule has 1 saturated heterocycles. The summed E-state index contributed by atoms with van der Waals surface area (Å²) in [5.41, 5.74) is -0.239. The van der Waals surface area contributed by atoms with Crippen molar-refractivity contribution in [3.05, 3.63) is 71.3 Å². The van der Waals surface area contributed by atoms with Gasteiger partial charge < -0.3 is 10.2 Å². The molecule has 2 heterocycles. The number of piperidine rings is 1. The van der Waals surface area contributed by atoms with Gasteiger partial charge in [-0.15, -0.1) is 0 Å². The van der Waals surface area contributed by atoms with Crippen LogP contribution in [0, 0.1) is 5.92 Å². The smallest absolute Gasteiger partial charge is 0.338 e. The summed E-state index contributed by atoms with van der Waals surface area (Å²) in [5.74, 6) is -1.27. The largest absolute Gasteiger partial charge is 0.416 e. The van der Waals surface area contributed by atoms with Crippen molar-refractivity contribution < 1.29 is 22.8 Å². The van der Waals surface area contributed by atoms with Crippen molar-refractivity contribution in [3.63, 3.8) is 0 Å². The summed E-state index contributed by atoms with van der Waals surface area (Å²) >= 11 is 5.87. The average Bonchev–Trinajstić information content (AvgIpc) is 3.33. The minimum absolute atomic E-state index is 0.0403. The Hall–Kier alpha value is -3.40. The van der Waals surface area contributed by atoms with E-state index < -0.39 is 23.6 Å². The highest BCUT2D eigenvalue weighted by Gasteiger charge is 2.33. The molecule has 11 heteroatoms. The third-order valence-electron chi connectivity index (χ3n) is 5.42. The topological polar surface area (TPSA) is 80.1 Å². The second kappa shape index (κ2) is 9.22. The van der Waals surface area contributed by atoms with E-state index in [4.69, 9.17) is 11.6 Å². The number of nitrogens with zero attached hydrogens (tertiary/aromatic N) is 4. The van der Waals surface area contributed by atoms with Gasteiger partial charge in [-0.25, -0.2) is 9.67 Å². The first kappa shape index (κ1) is 22.8. The van der Waals surface area contributed by atoms with E-state index in [9.17, 15) is 22.8 Å². The molecule has 0 radical (unpaired) electrons. The van der Waals surface area contributed by atoms with Gasteiger partial charge in [-0.2, -0.15) is 18.3 Å². The lowest BCUT2D eigenvalue weighted by molar-refractivity contribution is -0.137. The highest BCUT2D eigenvalue weighted by molar-refractivity contribution is 6.30. The van der Waals surface area contributed by atoms with E-state index in [1.54, 1.807) is 29.2 Å². The van der Waals surface area contributed by atoms with Gasteiger partial charge >= 0.3 is 6.18 Å². The van der Waals surface area contributed by atoms with Crippen LogP contribution in [0.25, 0.3) is 5.69 Å². The zero-order valence-electron chi connectivity index (χ0n) is 17.2. The Morgan fingerprint density at radius 2 is 1.88 bits per heavy atom. The molecule has 1 fully saturated rings. The second-order valence-corrected chi connectivity index (χ2v) is 8.09. The normalized spacial score (nSPS) is 16.5. The number of carbonyl (C=O) groups is 2. The molecule has 0 bridgehead atoms. The average molecular weight is 478 g/mol. The van der Waals surface area contributed by atoms with Crippen molar-refractivity contribution in [1.82, 2.24) is 19.7 Å². The van der Waals surface area contributed by atoms with Crippen LogP contribution in [0.1, 0.15) is 28.8 Å². The van der Waals surface area contributed by atoms with Crippen molar-refractivity contribution in [1.29, 1.82) is 0 Å². The molecule has 3 aromatic rings. The number of halogens is 4. The van der Waals surface area contributed by atoms with Crippen LogP contribution in [0.3, 0.4) is 0 Å². The molecule has 2 amide bonds. The van der Waals surface area contributed by atoms with Crippen LogP contribution in [-0.2, 0) is 11.0 Å². The van der Waals surface area contributed by atoms with Crippen molar-refractivity contribution in [3.8, 4) is 5.69 Å². The zero-order valence-corrected chi connectivity index (χ0v) is 18.0. The quantitative estimate of drug-likeness (QED) is 0.603. The molecule has 1 atom stereocenters. The summed E-state index contributed by atoms with van der Waals surface area (Å²) in [5, 5.41) is 7.06. The molecule has 2 aromatic carbocycles. The molecule has 1 aliphatic heterocycles. The monoisotopic (exact) mass is 477 g/mol. The van der Waals surface area contributed by atoms with E-state index in [2.05, 4.69) is 15.4 Å². The Morgan fingerprint density at radius 3 is 2.55 bits per heavy atom. The maximum Gasteiger partial charge on any atom is 0.416 e. The first-order valence-corrected chi connectivity index (χ1v) is 10.5. The molecular formula is C22H19ClF3N5O2. The number of aromatic nitrogens is 3. The van der Waals surface area contributed by atoms with Crippen LogP contribution in [-0.4, -0.2) is 44.6 Å². The molecule has 0 spiro atoms. The van der Waals surface area contributed by atoms with E-state index in [1.165, 1.54) is 23.4 Å². The predicted molar refractivity (Wildman–Crippen MR) is 115 cm³/mol. The maximum absolute atomic E-state index is 13.3. The van der Waals surface area contributed by atoms with Crippen molar-refractivity contribution in [2.45, 2.75) is 19.0 Å². The molecule has 0 unspecified atom stereocenters. The predicted octanol–water partition coefficient (Wildman–Crippen LogP) is 4.43. The minimum atomic E-state index is -4.58. The fourth-order valence-corrected chi connectivity index (χ4v) is 3.86. The Bertz CT molecular complexity index is 1150. The SMILES string of the molecule is O=C(Nc1cc(C(F)(F)F)ccc1-n1cncn1)[C@@H]1CCCN(C(=O)c2ccc(Cl)cc2)C1. The molecule has 33 heavy (non-hydrogen) atoms. The summed E-state index contributed by atoms with van der Waals surface area (Å²) in [4.78, 5) is 31.2. The number of alkyl halides is 3.